The highest BCUT2D eigenvalue weighted by atomic mass is 16.5. The van der Waals surface area contributed by atoms with E-state index < -0.39 is 0 Å². The van der Waals surface area contributed by atoms with Crippen LogP contribution in [-0.4, -0.2) is 25.2 Å². The fourth-order valence-electron chi connectivity index (χ4n) is 1.81. The van der Waals surface area contributed by atoms with Gasteiger partial charge in [0.05, 0.1) is 6.10 Å². The molecule has 1 heterocycles. The van der Waals surface area contributed by atoms with E-state index in [1.165, 1.54) is 0 Å². The third-order valence-corrected chi connectivity index (χ3v) is 2.75. The van der Waals surface area contributed by atoms with Crippen LogP contribution < -0.4 is 5.32 Å². The molecule has 1 amide bonds. The molecular weight excluding hydrogens is 214 g/mol. The van der Waals surface area contributed by atoms with Gasteiger partial charge in [0.1, 0.15) is 0 Å². The van der Waals surface area contributed by atoms with Crippen LogP contribution in [0.3, 0.4) is 0 Å². The fraction of sp³-hybridized carbons (Fsp3) is 0.357. The highest BCUT2D eigenvalue weighted by Gasteiger charge is 2.15. The number of nitrogens with one attached hydrogen (secondary N) is 1. The SMILES string of the molecule is O=C(/C=C/c1ccccc1)NC[C@H]1CCCO1. The lowest BCUT2D eigenvalue weighted by Gasteiger charge is -2.08. The lowest BCUT2D eigenvalue weighted by molar-refractivity contribution is -0.116. The Labute approximate surface area is 101 Å². The molecule has 2 rings (SSSR count). The summed E-state index contributed by atoms with van der Waals surface area (Å²) in [6.07, 6.45) is 5.71. The Bertz CT molecular complexity index is 380. The molecule has 1 aliphatic rings. The smallest absolute Gasteiger partial charge is 0.244 e. The second-order valence-corrected chi connectivity index (χ2v) is 4.12. The van der Waals surface area contributed by atoms with Gasteiger partial charge in [0.2, 0.25) is 5.91 Å². The molecule has 1 aromatic rings. The van der Waals surface area contributed by atoms with Crippen LogP contribution in [0.4, 0.5) is 0 Å². The predicted octanol–water partition coefficient (Wildman–Crippen LogP) is 2.00. The molecule has 0 aliphatic carbocycles. The Hall–Kier alpha value is -1.61. The van der Waals surface area contributed by atoms with E-state index in [0.29, 0.717) is 6.54 Å². The quantitative estimate of drug-likeness (QED) is 0.805. The molecule has 1 N–H and O–H groups in total. The second kappa shape index (κ2) is 6.21. The normalized spacial score (nSPS) is 19.6. The minimum Gasteiger partial charge on any atom is -0.376 e. The van der Waals surface area contributed by atoms with Crippen molar-refractivity contribution < 1.29 is 9.53 Å². The molecule has 0 spiro atoms. The van der Waals surface area contributed by atoms with Crippen LogP contribution in [0.25, 0.3) is 6.08 Å². The van der Waals surface area contributed by atoms with Crippen molar-refractivity contribution in [3.8, 4) is 0 Å². The summed E-state index contributed by atoms with van der Waals surface area (Å²) in [5, 5.41) is 2.84. The van der Waals surface area contributed by atoms with Gasteiger partial charge in [0.15, 0.2) is 0 Å². The summed E-state index contributed by atoms with van der Waals surface area (Å²) in [5.41, 5.74) is 1.03. The Morgan fingerprint density at radius 3 is 2.94 bits per heavy atom. The first-order chi connectivity index (χ1) is 8.34. The number of carbonyl (C=O) groups excluding carboxylic acids is 1. The van der Waals surface area contributed by atoms with Gasteiger partial charge in [-0.15, -0.1) is 0 Å². The van der Waals surface area contributed by atoms with Crippen molar-refractivity contribution in [3.63, 3.8) is 0 Å². The molecular formula is C14H17NO2. The van der Waals surface area contributed by atoms with E-state index in [2.05, 4.69) is 5.32 Å². The van der Waals surface area contributed by atoms with E-state index in [4.69, 9.17) is 4.74 Å². The van der Waals surface area contributed by atoms with Crippen LogP contribution in [0.2, 0.25) is 0 Å². The minimum absolute atomic E-state index is 0.0654. The van der Waals surface area contributed by atoms with Crippen molar-refractivity contribution in [1.29, 1.82) is 0 Å². The first kappa shape index (κ1) is 11.9. The van der Waals surface area contributed by atoms with Gasteiger partial charge in [-0.05, 0) is 24.5 Å². The number of ether oxygens (including phenoxy) is 1. The van der Waals surface area contributed by atoms with Crippen LogP contribution in [0.15, 0.2) is 36.4 Å². The summed E-state index contributed by atoms with van der Waals surface area (Å²) >= 11 is 0. The van der Waals surface area contributed by atoms with E-state index in [-0.39, 0.29) is 12.0 Å². The fourth-order valence-corrected chi connectivity index (χ4v) is 1.81. The van der Waals surface area contributed by atoms with Gasteiger partial charge >= 0.3 is 0 Å². The van der Waals surface area contributed by atoms with Crippen LogP contribution >= 0.6 is 0 Å². The molecule has 3 heteroatoms. The minimum atomic E-state index is -0.0654. The monoisotopic (exact) mass is 231 g/mol. The zero-order chi connectivity index (χ0) is 11.9. The van der Waals surface area contributed by atoms with Crippen molar-refractivity contribution in [1.82, 2.24) is 5.32 Å². The Kier molecular flexibility index (Phi) is 4.33. The van der Waals surface area contributed by atoms with Gasteiger partial charge in [-0.25, -0.2) is 0 Å². The van der Waals surface area contributed by atoms with E-state index in [0.717, 1.165) is 25.0 Å². The number of benzene rings is 1. The molecule has 0 saturated carbocycles. The van der Waals surface area contributed by atoms with Gasteiger partial charge in [-0.3, -0.25) is 4.79 Å². The zero-order valence-corrected chi connectivity index (χ0v) is 9.76. The number of rotatable bonds is 4. The summed E-state index contributed by atoms with van der Waals surface area (Å²) in [7, 11) is 0. The van der Waals surface area contributed by atoms with Crippen molar-refractivity contribution in [2.45, 2.75) is 18.9 Å². The number of carbonyl (C=O) groups is 1. The van der Waals surface area contributed by atoms with Crippen LogP contribution in [0, 0.1) is 0 Å². The molecule has 1 fully saturated rings. The predicted molar refractivity (Wildman–Crippen MR) is 67.5 cm³/mol. The van der Waals surface area contributed by atoms with Crippen molar-refractivity contribution in [2.24, 2.45) is 0 Å². The van der Waals surface area contributed by atoms with E-state index in [1.54, 1.807) is 6.08 Å². The number of amides is 1. The molecule has 0 bridgehead atoms. The van der Waals surface area contributed by atoms with Gasteiger partial charge < -0.3 is 10.1 Å². The van der Waals surface area contributed by atoms with Crippen molar-refractivity contribution in [2.75, 3.05) is 13.2 Å². The molecule has 0 unspecified atom stereocenters. The Morgan fingerprint density at radius 1 is 1.41 bits per heavy atom. The van der Waals surface area contributed by atoms with Crippen LogP contribution in [0.1, 0.15) is 18.4 Å². The van der Waals surface area contributed by atoms with Gasteiger partial charge in [-0.1, -0.05) is 30.3 Å². The van der Waals surface area contributed by atoms with Gasteiger partial charge in [0, 0.05) is 19.2 Å². The summed E-state index contributed by atoms with van der Waals surface area (Å²) < 4.78 is 5.43. The van der Waals surface area contributed by atoms with E-state index in [9.17, 15) is 4.79 Å². The summed E-state index contributed by atoms with van der Waals surface area (Å²) in [6, 6.07) is 9.77. The molecule has 0 aromatic heterocycles. The molecule has 0 radical (unpaired) electrons. The molecule has 17 heavy (non-hydrogen) atoms. The topological polar surface area (TPSA) is 38.3 Å². The van der Waals surface area contributed by atoms with Crippen molar-refractivity contribution in [3.05, 3.63) is 42.0 Å². The zero-order valence-electron chi connectivity index (χ0n) is 9.76. The average Bonchev–Trinajstić information content (AvgIpc) is 2.88. The van der Waals surface area contributed by atoms with Crippen LogP contribution in [-0.2, 0) is 9.53 Å². The molecule has 1 saturated heterocycles. The molecule has 3 nitrogen and oxygen atoms in total. The molecule has 1 atom stereocenters. The average molecular weight is 231 g/mol. The summed E-state index contributed by atoms with van der Waals surface area (Å²) in [5.74, 6) is -0.0654. The first-order valence-corrected chi connectivity index (χ1v) is 5.97. The molecule has 90 valence electrons. The summed E-state index contributed by atoms with van der Waals surface area (Å²) in [6.45, 7) is 1.43. The van der Waals surface area contributed by atoms with Crippen LogP contribution in [0.5, 0.6) is 0 Å². The highest BCUT2D eigenvalue weighted by Crippen LogP contribution is 2.10. The maximum atomic E-state index is 11.5. The standard InChI is InChI=1S/C14H17NO2/c16-14(15-11-13-7-4-10-17-13)9-8-12-5-2-1-3-6-12/h1-3,5-6,8-9,13H,4,7,10-11H2,(H,15,16)/b9-8+/t13-/m1/s1. The van der Waals surface area contributed by atoms with E-state index >= 15 is 0 Å². The highest BCUT2D eigenvalue weighted by molar-refractivity contribution is 5.91. The lowest BCUT2D eigenvalue weighted by Crippen LogP contribution is -2.30. The largest absolute Gasteiger partial charge is 0.376 e. The third kappa shape index (κ3) is 4.04. The number of hydrogen-bond donors (Lipinski definition) is 1. The second-order valence-electron chi connectivity index (χ2n) is 4.12. The van der Waals surface area contributed by atoms with Gasteiger partial charge in [-0.2, -0.15) is 0 Å². The maximum absolute atomic E-state index is 11.5. The summed E-state index contributed by atoms with van der Waals surface area (Å²) in [4.78, 5) is 11.5. The molecule has 1 aliphatic heterocycles. The third-order valence-electron chi connectivity index (χ3n) is 2.75. The van der Waals surface area contributed by atoms with Gasteiger partial charge in [0.25, 0.3) is 0 Å². The van der Waals surface area contributed by atoms with E-state index in [1.807, 2.05) is 36.4 Å². The number of hydrogen-bond acceptors (Lipinski definition) is 2. The maximum Gasteiger partial charge on any atom is 0.244 e. The first-order valence-electron chi connectivity index (χ1n) is 5.97. The lowest BCUT2D eigenvalue weighted by atomic mass is 10.2. The van der Waals surface area contributed by atoms with Crippen molar-refractivity contribution >= 4 is 12.0 Å². The molecule has 1 aromatic carbocycles. The Balaban J connectivity index is 1.75. The Morgan fingerprint density at radius 2 is 2.24 bits per heavy atom.